The number of carbonyl (C=O) groups excluding carboxylic acids is 1. The Kier molecular flexibility index (Phi) is 4.30. The largest absolute Gasteiger partial charge is 0.361 e. The summed E-state index contributed by atoms with van der Waals surface area (Å²) in [6, 6.07) is 0. The maximum atomic E-state index is 11.1. The number of hydrogen-bond donors (Lipinski definition) is 2. The van der Waals surface area contributed by atoms with Crippen molar-refractivity contribution in [2.45, 2.75) is 20.3 Å². The van der Waals surface area contributed by atoms with Crippen molar-refractivity contribution in [1.29, 1.82) is 0 Å². The van der Waals surface area contributed by atoms with Crippen molar-refractivity contribution in [3.8, 4) is 0 Å². The Morgan fingerprint density at radius 2 is 2.20 bits per heavy atom. The third kappa shape index (κ3) is 3.36. The summed E-state index contributed by atoms with van der Waals surface area (Å²) < 4.78 is 5.03. The molecule has 2 N–H and O–H groups in total. The molecular weight excluding hydrogens is 194 g/mol. The molecule has 0 unspecified atom stereocenters. The van der Waals surface area contributed by atoms with Gasteiger partial charge in [0.05, 0.1) is 12.2 Å². The van der Waals surface area contributed by atoms with Crippen molar-refractivity contribution in [1.82, 2.24) is 15.8 Å². The van der Waals surface area contributed by atoms with Gasteiger partial charge in [-0.25, -0.2) is 0 Å². The molecule has 0 radical (unpaired) electrons. The summed E-state index contributed by atoms with van der Waals surface area (Å²) in [6.07, 6.45) is 0.761. The van der Waals surface area contributed by atoms with E-state index in [1.54, 1.807) is 7.05 Å². The number of aromatic nitrogens is 1. The molecule has 84 valence electrons. The lowest BCUT2D eigenvalue weighted by molar-refractivity contribution is -0.120. The standard InChI is InChI=1S/C10H17N3O2/c1-7-9(8(2)15-13-7)4-5-12-10(14)6-11-3/h11H,4-6H2,1-3H3,(H,12,14). The van der Waals surface area contributed by atoms with Crippen LogP contribution in [0.3, 0.4) is 0 Å². The van der Waals surface area contributed by atoms with E-state index < -0.39 is 0 Å². The fraction of sp³-hybridized carbons (Fsp3) is 0.600. The molecule has 15 heavy (non-hydrogen) atoms. The molecular formula is C10H17N3O2. The number of nitrogens with zero attached hydrogens (tertiary/aromatic N) is 1. The Morgan fingerprint density at radius 3 is 2.73 bits per heavy atom. The minimum absolute atomic E-state index is 0.00394. The van der Waals surface area contributed by atoms with Crippen molar-refractivity contribution >= 4 is 5.91 Å². The number of likely N-dealkylation sites (N-methyl/N-ethyl adjacent to an activating group) is 1. The molecule has 0 saturated heterocycles. The lowest BCUT2D eigenvalue weighted by Crippen LogP contribution is -2.33. The lowest BCUT2D eigenvalue weighted by Gasteiger charge is -2.03. The maximum Gasteiger partial charge on any atom is 0.233 e. The number of amides is 1. The fourth-order valence-corrected chi connectivity index (χ4v) is 1.41. The Morgan fingerprint density at radius 1 is 1.47 bits per heavy atom. The van der Waals surface area contributed by atoms with Crippen LogP contribution in [0.5, 0.6) is 0 Å². The monoisotopic (exact) mass is 211 g/mol. The van der Waals surface area contributed by atoms with Crippen LogP contribution in [0.2, 0.25) is 0 Å². The van der Waals surface area contributed by atoms with E-state index in [1.165, 1.54) is 0 Å². The van der Waals surface area contributed by atoms with E-state index in [2.05, 4.69) is 15.8 Å². The molecule has 0 atom stereocenters. The first kappa shape index (κ1) is 11.7. The third-order valence-electron chi connectivity index (χ3n) is 2.22. The fourth-order valence-electron chi connectivity index (χ4n) is 1.41. The topological polar surface area (TPSA) is 67.2 Å². The molecule has 0 aromatic carbocycles. The van der Waals surface area contributed by atoms with Gasteiger partial charge in [0.25, 0.3) is 0 Å². The van der Waals surface area contributed by atoms with Gasteiger partial charge >= 0.3 is 0 Å². The second-order valence-corrected chi connectivity index (χ2v) is 3.43. The van der Waals surface area contributed by atoms with Gasteiger partial charge in [0.15, 0.2) is 0 Å². The van der Waals surface area contributed by atoms with Gasteiger partial charge in [0.1, 0.15) is 5.76 Å². The van der Waals surface area contributed by atoms with Crippen LogP contribution in [0.15, 0.2) is 4.52 Å². The van der Waals surface area contributed by atoms with Crippen molar-refractivity contribution in [3.05, 3.63) is 17.0 Å². The third-order valence-corrected chi connectivity index (χ3v) is 2.22. The van der Waals surface area contributed by atoms with Crippen LogP contribution in [0.1, 0.15) is 17.0 Å². The number of rotatable bonds is 5. The minimum atomic E-state index is 0.00394. The van der Waals surface area contributed by atoms with E-state index in [-0.39, 0.29) is 5.91 Å². The van der Waals surface area contributed by atoms with E-state index >= 15 is 0 Å². The number of carbonyl (C=O) groups is 1. The maximum absolute atomic E-state index is 11.1. The molecule has 0 spiro atoms. The van der Waals surface area contributed by atoms with Gasteiger partial charge in [0, 0.05) is 12.1 Å². The van der Waals surface area contributed by atoms with Gasteiger partial charge in [-0.05, 0) is 27.3 Å². The molecule has 5 nitrogen and oxygen atoms in total. The van der Waals surface area contributed by atoms with Crippen molar-refractivity contribution < 1.29 is 9.32 Å². The van der Waals surface area contributed by atoms with E-state index in [0.717, 1.165) is 23.4 Å². The molecule has 1 aromatic heterocycles. The SMILES string of the molecule is CNCC(=O)NCCc1c(C)noc1C. The molecule has 1 heterocycles. The normalized spacial score (nSPS) is 10.3. The van der Waals surface area contributed by atoms with Crippen molar-refractivity contribution in [2.75, 3.05) is 20.1 Å². The molecule has 0 bridgehead atoms. The number of aryl methyl sites for hydroxylation is 2. The van der Waals surface area contributed by atoms with Crippen molar-refractivity contribution in [3.63, 3.8) is 0 Å². The Bertz CT molecular complexity index is 314. The van der Waals surface area contributed by atoms with Gasteiger partial charge in [-0.1, -0.05) is 5.16 Å². The van der Waals surface area contributed by atoms with Crippen LogP contribution in [-0.2, 0) is 11.2 Å². The van der Waals surface area contributed by atoms with E-state index in [9.17, 15) is 4.79 Å². The van der Waals surface area contributed by atoms with Crippen LogP contribution in [0, 0.1) is 13.8 Å². The highest BCUT2D eigenvalue weighted by atomic mass is 16.5. The van der Waals surface area contributed by atoms with Gasteiger partial charge < -0.3 is 15.2 Å². The number of nitrogens with one attached hydrogen (secondary N) is 2. The average molecular weight is 211 g/mol. The zero-order valence-electron chi connectivity index (χ0n) is 9.39. The summed E-state index contributed by atoms with van der Waals surface area (Å²) in [6.45, 7) is 4.75. The molecule has 1 amide bonds. The summed E-state index contributed by atoms with van der Waals surface area (Å²) in [7, 11) is 1.74. The van der Waals surface area contributed by atoms with Crippen LogP contribution >= 0.6 is 0 Å². The highest BCUT2D eigenvalue weighted by Gasteiger charge is 2.08. The summed E-state index contributed by atoms with van der Waals surface area (Å²) >= 11 is 0. The molecule has 1 aromatic rings. The second-order valence-electron chi connectivity index (χ2n) is 3.43. The first-order valence-electron chi connectivity index (χ1n) is 4.98. The van der Waals surface area contributed by atoms with Gasteiger partial charge in [-0.15, -0.1) is 0 Å². The Balaban J connectivity index is 2.35. The molecule has 0 aliphatic carbocycles. The summed E-state index contributed by atoms with van der Waals surface area (Å²) in [5.74, 6) is 0.833. The highest BCUT2D eigenvalue weighted by Crippen LogP contribution is 2.11. The molecule has 0 saturated carbocycles. The molecule has 1 rings (SSSR count). The van der Waals surface area contributed by atoms with E-state index in [4.69, 9.17) is 4.52 Å². The molecule has 0 aliphatic heterocycles. The van der Waals surface area contributed by atoms with Crippen LogP contribution < -0.4 is 10.6 Å². The first-order valence-corrected chi connectivity index (χ1v) is 4.98. The first-order chi connectivity index (χ1) is 7.15. The molecule has 0 aliphatic rings. The molecule has 5 heteroatoms. The predicted molar refractivity (Wildman–Crippen MR) is 56.6 cm³/mol. The summed E-state index contributed by atoms with van der Waals surface area (Å²) in [4.78, 5) is 11.1. The zero-order valence-corrected chi connectivity index (χ0v) is 9.39. The van der Waals surface area contributed by atoms with Crippen LogP contribution in [0.25, 0.3) is 0 Å². The predicted octanol–water partition coefficient (Wildman–Crippen LogP) is 0.170. The number of hydrogen-bond acceptors (Lipinski definition) is 4. The minimum Gasteiger partial charge on any atom is -0.361 e. The van der Waals surface area contributed by atoms with Gasteiger partial charge in [-0.2, -0.15) is 0 Å². The zero-order chi connectivity index (χ0) is 11.3. The Labute approximate surface area is 89.2 Å². The van der Waals surface area contributed by atoms with Gasteiger partial charge in [-0.3, -0.25) is 4.79 Å². The highest BCUT2D eigenvalue weighted by molar-refractivity contribution is 5.77. The smallest absolute Gasteiger partial charge is 0.233 e. The van der Waals surface area contributed by atoms with E-state index in [1.807, 2.05) is 13.8 Å². The quantitative estimate of drug-likeness (QED) is 0.728. The molecule has 0 fully saturated rings. The second kappa shape index (κ2) is 5.50. The summed E-state index contributed by atoms with van der Waals surface area (Å²) in [5.41, 5.74) is 1.98. The van der Waals surface area contributed by atoms with Crippen LogP contribution in [-0.4, -0.2) is 31.2 Å². The van der Waals surface area contributed by atoms with Crippen molar-refractivity contribution in [2.24, 2.45) is 0 Å². The van der Waals surface area contributed by atoms with E-state index in [0.29, 0.717) is 13.1 Å². The average Bonchev–Trinajstić information content (AvgIpc) is 2.49. The summed E-state index contributed by atoms with van der Waals surface area (Å²) in [5, 5.41) is 9.45. The Hall–Kier alpha value is -1.36. The van der Waals surface area contributed by atoms with Gasteiger partial charge in [0.2, 0.25) is 5.91 Å². The van der Waals surface area contributed by atoms with Crippen LogP contribution in [0.4, 0.5) is 0 Å². The lowest BCUT2D eigenvalue weighted by atomic mass is 10.1.